The summed E-state index contributed by atoms with van der Waals surface area (Å²) in [7, 11) is 1.63. The predicted molar refractivity (Wildman–Crippen MR) is 116 cm³/mol. The van der Waals surface area contributed by atoms with Crippen LogP contribution in [0.4, 0.5) is 0 Å². The molecule has 0 bridgehead atoms. The van der Waals surface area contributed by atoms with Crippen molar-refractivity contribution < 1.29 is 14.3 Å². The second-order valence-electron chi connectivity index (χ2n) is 7.00. The van der Waals surface area contributed by atoms with Gasteiger partial charge in [0.15, 0.2) is 0 Å². The minimum Gasteiger partial charge on any atom is -0.497 e. The number of carbonyl (C=O) groups is 1. The third kappa shape index (κ3) is 6.11. The van der Waals surface area contributed by atoms with Crippen molar-refractivity contribution in [2.75, 3.05) is 13.7 Å². The molecule has 3 aromatic rings. The number of ether oxygens (including phenoxy) is 2. The molecule has 0 aromatic heterocycles. The molecule has 3 aromatic carbocycles. The third-order valence-electron chi connectivity index (χ3n) is 4.72. The predicted octanol–water partition coefficient (Wildman–Crippen LogP) is 4.68. The van der Waals surface area contributed by atoms with Crippen molar-refractivity contribution in [3.05, 3.63) is 95.6 Å². The Morgan fingerprint density at radius 1 is 0.862 bits per heavy atom. The highest BCUT2D eigenvalue weighted by molar-refractivity contribution is 5.95. The fourth-order valence-electron chi connectivity index (χ4n) is 3.12. The highest BCUT2D eigenvalue weighted by atomic mass is 16.5. The molecule has 3 rings (SSSR count). The van der Waals surface area contributed by atoms with Gasteiger partial charge in [-0.3, -0.25) is 4.79 Å². The quantitative estimate of drug-likeness (QED) is 0.578. The Bertz CT molecular complexity index is 907. The Balaban J connectivity index is 1.55. The van der Waals surface area contributed by atoms with Crippen molar-refractivity contribution in [1.82, 2.24) is 5.32 Å². The summed E-state index contributed by atoms with van der Waals surface area (Å²) < 4.78 is 10.9. The second kappa shape index (κ2) is 10.3. The molecular formula is C25H27NO3. The maximum absolute atomic E-state index is 12.8. The summed E-state index contributed by atoms with van der Waals surface area (Å²) in [6.45, 7) is 2.33. The fourth-order valence-corrected chi connectivity index (χ4v) is 3.12. The number of hydrogen-bond donors (Lipinski definition) is 1. The maximum atomic E-state index is 12.8. The molecule has 0 radical (unpaired) electrons. The molecule has 0 aliphatic heterocycles. The molecule has 1 amide bonds. The molecule has 4 heteroatoms. The van der Waals surface area contributed by atoms with Crippen molar-refractivity contribution in [3.8, 4) is 11.5 Å². The van der Waals surface area contributed by atoms with Crippen LogP contribution in [0, 0.1) is 0 Å². The molecular weight excluding hydrogens is 362 g/mol. The van der Waals surface area contributed by atoms with Crippen LogP contribution in [0.3, 0.4) is 0 Å². The zero-order valence-corrected chi connectivity index (χ0v) is 16.9. The fraction of sp³-hybridized carbons (Fsp3) is 0.240. The number of aryl methyl sites for hydroxylation is 2. The number of nitrogens with one attached hydrogen (secondary N) is 1. The molecule has 0 unspecified atom stereocenters. The molecule has 4 nitrogen and oxygen atoms in total. The molecule has 150 valence electrons. The van der Waals surface area contributed by atoms with Gasteiger partial charge in [-0.1, -0.05) is 48.5 Å². The number of amides is 1. The van der Waals surface area contributed by atoms with Crippen molar-refractivity contribution >= 4 is 5.91 Å². The maximum Gasteiger partial charge on any atom is 0.251 e. The standard InChI is InChI=1S/C25H27NO3/c1-19(18-29-23-16-14-22(28-2)15-17-23)26-25(27)24-11-7-6-10-21(24)13-12-20-8-4-3-5-9-20/h3-11,14-17,19H,12-13,18H2,1-2H3,(H,26,27)/t19-/m1/s1. The number of methoxy groups -OCH3 is 1. The molecule has 0 fully saturated rings. The Hall–Kier alpha value is -3.27. The number of benzene rings is 3. The Morgan fingerprint density at radius 3 is 2.24 bits per heavy atom. The van der Waals surface area contributed by atoms with Gasteiger partial charge in [-0.25, -0.2) is 0 Å². The number of carbonyl (C=O) groups excluding carboxylic acids is 1. The van der Waals surface area contributed by atoms with Crippen LogP contribution >= 0.6 is 0 Å². The van der Waals surface area contributed by atoms with E-state index >= 15 is 0 Å². The van der Waals surface area contributed by atoms with Crippen LogP contribution in [-0.4, -0.2) is 25.7 Å². The van der Waals surface area contributed by atoms with E-state index in [1.54, 1.807) is 7.11 Å². The molecule has 0 aliphatic carbocycles. The van der Waals surface area contributed by atoms with Gasteiger partial charge in [0.25, 0.3) is 5.91 Å². The SMILES string of the molecule is COc1ccc(OC[C@@H](C)NC(=O)c2ccccc2CCc2ccccc2)cc1. The van der Waals surface area contributed by atoms with Crippen molar-refractivity contribution in [2.45, 2.75) is 25.8 Å². The second-order valence-corrected chi connectivity index (χ2v) is 7.00. The van der Waals surface area contributed by atoms with Gasteiger partial charge >= 0.3 is 0 Å². The zero-order valence-electron chi connectivity index (χ0n) is 16.9. The van der Waals surface area contributed by atoms with E-state index in [9.17, 15) is 4.79 Å². The van der Waals surface area contributed by atoms with Gasteiger partial charge < -0.3 is 14.8 Å². The lowest BCUT2D eigenvalue weighted by atomic mass is 9.99. The molecule has 0 saturated heterocycles. The first kappa shape index (κ1) is 20.5. The van der Waals surface area contributed by atoms with Gasteiger partial charge in [0.05, 0.1) is 13.2 Å². The summed E-state index contributed by atoms with van der Waals surface area (Å²) in [5.41, 5.74) is 3.04. The van der Waals surface area contributed by atoms with Gasteiger partial charge in [0.2, 0.25) is 0 Å². The summed E-state index contributed by atoms with van der Waals surface area (Å²) in [6, 6.07) is 25.4. The summed E-state index contributed by atoms with van der Waals surface area (Å²) in [5, 5.41) is 3.04. The lowest BCUT2D eigenvalue weighted by molar-refractivity contribution is 0.0925. The number of hydrogen-bond acceptors (Lipinski definition) is 3. The van der Waals surface area contributed by atoms with Crippen LogP contribution in [0.5, 0.6) is 11.5 Å². The largest absolute Gasteiger partial charge is 0.497 e. The molecule has 0 saturated carbocycles. The van der Waals surface area contributed by atoms with Crippen LogP contribution in [0.1, 0.15) is 28.4 Å². The average Bonchev–Trinajstić information content (AvgIpc) is 2.77. The van der Waals surface area contributed by atoms with E-state index in [1.165, 1.54) is 5.56 Å². The van der Waals surface area contributed by atoms with Crippen LogP contribution in [0.15, 0.2) is 78.9 Å². The first-order chi connectivity index (χ1) is 14.2. The first-order valence-electron chi connectivity index (χ1n) is 9.85. The van der Waals surface area contributed by atoms with Gasteiger partial charge in [-0.15, -0.1) is 0 Å². The van der Waals surface area contributed by atoms with Gasteiger partial charge in [0.1, 0.15) is 18.1 Å². The van der Waals surface area contributed by atoms with E-state index < -0.39 is 0 Å². The summed E-state index contributed by atoms with van der Waals surface area (Å²) in [6.07, 6.45) is 1.73. The smallest absolute Gasteiger partial charge is 0.251 e. The lowest BCUT2D eigenvalue weighted by Gasteiger charge is -2.17. The van der Waals surface area contributed by atoms with Gasteiger partial charge in [-0.2, -0.15) is 0 Å². The lowest BCUT2D eigenvalue weighted by Crippen LogP contribution is -2.37. The number of rotatable bonds is 9. The first-order valence-corrected chi connectivity index (χ1v) is 9.85. The molecule has 0 spiro atoms. The van der Waals surface area contributed by atoms with E-state index in [0.29, 0.717) is 6.61 Å². The molecule has 1 N–H and O–H groups in total. The average molecular weight is 389 g/mol. The van der Waals surface area contributed by atoms with Gasteiger partial charge in [-0.05, 0) is 61.2 Å². The zero-order chi connectivity index (χ0) is 20.5. The van der Waals surface area contributed by atoms with E-state index in [2.05, 4.69) is 17.4 Å². The Morgan fingerprint density at radius 2 is 1.52 bits per heavy atom. The monoisotopic (exact) mass is 389 g/mol. The minimum absolute atomic E-state index is 0.0699. The normalized spacial score (nSPS) is 11.5. The summed E-state index contributed by atoms with van der Waals surface area (Å²) in [4.78, 5) is 12.8. The van der Waals surface area contributed by atoms with Crippen LogP contribution < -0.4 is 14.8 Å². The van der Waals surface area contributed by atoms with E-state index in [1.807, 2.05) is 73.7 Å². The summed E-state index contributed by atoms with van der Waals surface area (Å²) >= 11 is 0. The Labute approximate surface area is 172 Å². The van der Waals surface area contributed by atoms with Crippen molar-refractivity contribution in [2.24, 2.45) is 0 Å². The van der Waals surface area contributed by atoms with Crippen LogP contribution in [0.2, 0.25) is 0 Å². The van der Waals surface area contributed by atoms with Crippen LogP contribution in [-0.2, 0) is 12.8 Å². The molecule has 29 heavy (non-hydrogen) atoms. The van der Waals surface area contributed by atoms with E-state index in [4.69, 9.17) is 9.47 Å². The summed E-state index contributed by atoms with van der Waals surface area (Å²) in [5.74, 6) is 1.46. The van der Waals surface area contributed by atoms with Crippen molar-refractivity contribution in [1.29, 1.82) is 0 Å². The van der Waals surface area contributed by atoms with Gasteiger partial charge in [0, 0.05) is 5.56 Å². The molecule has 1 atom stereocenters. The van der Waals surface area contributed by atoms with E-state index in [0.717, 1.165) is 35.5 Å². The highest BCUT2D eigenvalue weighted by Crippen LogP contribution is 2.17. The molecule has 0 aliphatic rings. The van der Waals surface area contributed by atoms with E-state index in [-0.39, 0.29) is 11.9 Å². The van der Waals surface area contributed by atoms with Crippen molar-refractivity contribution in [3.63, 3.8) is 0 Å². The molecule has 0 heterocycles. The van der Waals surface area contributed by atoms with Crippen LogP contribution in [0.25, 0.3) is 0 Å². The third-order valence-corrected chi connectivity index (χ3v) is 4.72. The Kier molecular flexibility index (Phi) is 7.28. The highest BCUT2D eigenvalue weighted by Gasteiger charge is 2.14. The minimum atomic E-state index is -0.119. The topological polar surface area (TPSA) is 47.6 Å².